The number of carbonyl (C=O) groups is 2. The number of fused-ring (bicyclic) bond motifs is 1. The zero-order chi connectivity index (χ0) is 33.2. The summed E-state index contributed by atoms with van der Waals surface area (Å²) in [6.07, 6.45) is 0.268. The zero-order valence-corrected chi connectivity index (χ0v) is 26.8. The van der Waals surface area contributed by atoms with Crippen molar-refractivity contribution in [3.05, 3.63) is 83.2 Å². The first-order valence-electron chi connectivity index (χ1n) is 14.7. The van der Waals surface area contributed by atoms with E-state index in [2.05, 4.69) is 15.6 Å². The summed E-state index contributed by atoms with van der Waals surface area (Å²) in [6.45, 7) is 3.51. The topological polar surface area (TPSA) is 153 Å². The summed E-state index contributed by atoms with van der Waals surface area (Å²) >= 11 is 0. The second-order valence-electron chi connectivity index (χ2n) is 11.0. The molecule has 5 rings (SSSR count). The number of nitrogens with one attached hydrogen (secondary N) is 2. The molecular formula is C33H36FN5O6S. The molecule has 1 saturated heterocycles. The molecular weight excluding hydrogens is 613 g/mol. The van der Waals surface area contributed by atoms with E-state index in [1.165, 1.54) is 45.4 Å². The van der Waals surface area contributed by atoms with E-state index in [0.717, 1.165) is 10.8 Å². The fraction of sp³-hybridized carbons (Fsp3) is 0.303. The van der Waals surface area contributed by atoms with Crippen LogP contribution in [-0.4, -0.2) is 56.8 Å². The largest absolute Gasteiger partial charge is 0.496 e. The predicted octanol–water partition coefficient (Wildman–Crippen LogP) is 5.76. The molecule has 2 amide bonds. The summed E-state index contributed by atoms with van der Waals surface area (Å²) in [6, 6.07) is 14.3. The molecule has 0 saturated carbocycles. The van der Waals surface area contributed by atoms with Crippen molar-refractivity contribution in [1.29, 1.82) is 0 Å². The lowest BCUT2D eigenvalue weighted by atomic mass is 9.99. The SMILES string of the molecule is CCS(=O)(=O)c1ccc(NC(=O)OC)cc1[C@H]1CCCN1C(=O)[C@@H](Nc1cc2ccccc2c(N)n1)c1cc(OC)c(C)cc1F. The van der Waals surface area contributed by atoms with Crippen molar-refractivity contribution in [3.8, 4) is 5.75 Å². The molecule has 4 N–H and O–H groups in total. The van der Waals surface area contributed by atoms with Gasteiger partial charge in [0.15, 0.2) is 9.84 Å². The normalized spacial score (nSPS) is 15.4. The van der Waals surface area contributed by atoms with Crippen molar-refractivity contribution in [2.45, 2.75) is 43.7 Å². The van der Waals surface area contributed by atoms with Gasteiger partial charge in [-0.15, -0.1) is 0 Å². The van der Waals surface area contributed by atoms with Crippen LogP contribution < -0.4 is 21.1 Å². The van der Waals surface area contributed by atoms with Crippen LogP contribution in [0.5, 0.6) is 5.75 Å². The molecule has 46 heavy (non-hydrogen) atoms. The maximum absolute atomic E-state index is 15.8. The highest BCUT2D eigenvalue weighted by atomic mass is 32.2. The molecule has 2 heterocycles. The Morgan fingerprint density at radius 2 is 1.89 bits per heavy atom. The molecule has 2 atom stereocenters. The summed E-state index contributed by atoms with van der Waals surface area (Å²) < 4.78 is 52.4. The average molecular weight is 650 g/mol. The summed E-state index contributed by atoms with van der Waals surface area (Å²) in [4.78, 5) is 32.6. The van der Waals surface area contributed by atoms with Crippen LogP contribution in [0.2, 0.25) is 0 Å². The Bertz CT molecular complexity index is 1920. The lowest BCUT2D eigenvalue weighted by Crippen LogP contribution is -2.38. The van der Waals surface area contributed by atoms with Gasteiger partial charge in [0.2, 0.25) is 5.91 Å². The number of pyridine rings is 1. The Morgan fingerprint density at radius 1 is 1.13 bits per heavy atom. The molecule has 11 nitrogen and oxygen atoms in total. The molecule has 0 unspecified atom stereocenters. The number of anilines is 3. The Morgan fingerprint density at radius 3 is 2.61 bits per heavy atom. The fourth-order valence-electron chi connectivity index (χ4n) is 5.84. The number of methoxy groups -OCH3 is 2. The van der Waals surface area contributed by atoms with Gasteiger partial charge in [-0.05, 0) is 72.7 Å². The Labute approximate surface area is 266 Å². The number of nitrogens with zero attached hydrogens (tertiary/aromatic N) is 2. The quantitative estimate of drug-likeness (QED) is 0.205. The average Bonchev–Trinajstić information content (AvgIpc) is 3.53. The highest BCUT2D eigenvalue weighted by Crippen LogP contribution is 2.40. The molecule has 3 aromatic carbocycles. The minimum atomic E-state index is -3.73. The molecule has 0 aliphatic carbocycles. The van der Waals surface area contributed by atoms with Gasteiger partial charge in [0.1, 0.15) is 29.2 Å². The molecule has 242 valence electrons. The number of amides is 2. The summed E-state index contributed by atoms with van der Waals surface area (Å²) in [5.41, 5.74) is 7.47. The van der Waals surface area contributed by atoms with E-state index in [1.807, 2.05) is 24.3 Å². The first-order chi connectivity index (χ1) is 22.0. The number of likely N-dealkylation sites (tertiary alicyclic amines) is 1. The van der Waals surface area contributed by atoms with E-state index in [4.69, 9.17) is 15.2 Å². The molecule has 4 aromatic rings. The van der Waals surface area contributed by atoms with Gasteiger partial charge < -0.3 is 25.4 Å². The van der Waals surface area contributed by atoms with E-state index in [9.17, 15) is 18.0 Å². The number of benzene rings is 3. The van der Waals surface area contributed by atoms with Crippen molar-refractivity contribution in [2.24, 2.45) is 0 Å². The van der Waals surface area contributed by atoms with Crippen molar-refractivity contribution in [2.75, 3.05) is 42.9 Å². The fourth-order valence-corrected chi connectivity index (χ4v) is 6.98. The third kappa shape index (κ3) is 6.41. The maximum atomic E-state index is 15.8. The second-order valence-corrected chi connectivity index (χ2v) is 13.2. The Hall–Kier alpha value is -4.91. The number of sulfone groups is 1. The van der Waals surface area contributed by atoms with Gasteiger partial charge in [-0.2, -0.15) is 0 Å². The Balaban J connectivity index is 1.62. The monoisotopic (exact) mass is 649 g/mol. The summed E-state index contributed by atoms with van der Waals surface area (Å²) in [5.74, 6) is -0.435. The van der Waals surface area contributed by atoms with E-state index < -0.39 is 39.7 Å². The number of hydrogen-bond acceptors (Lipinski definition) is 9. The number of nitrogen functional groups attached to an aromatic ring is 1. The van der Waals surface area contributed by atoms with Crippen LogP contribution in [-0.2, 0) is 19.4 Å². The highest BCUT2D eigenvalue weighted by Gasteiger charge is 2.38. The van der Waals surface area contributed by atoms with Gasteiger partial charge >= 0.3 is 6.09 Å². The summed E-state index contributed by atoms with van der Waals surface area (Å²) in [5, 5.41) is 7.19. The Kier molecular flexibility index (Phi) is 9.33. The van der Waals surface area contributed by atoms with Gasteiger partial charge in [0.25, 0.3) is 0 Å². The lowest BCUT2D eigenvalue weighted by molar-refractivity contribution is -0.133. The number of nitrogens with two attached hydrogens (primary N) is 1. The first-order valence-corrected chi connectivity index (χ1v) is 16.4. The molecule has 1 aromatic heterocycles. The van der Waals surface area contributed by atoms with E-state index in [-0.39, 0.29) is 34.4 Å². The van der Waals surface area contributed by atoms with Gasteiger partial charge in [-0.25, -0.2) is 22.6 Å². The van der Waals surface area contributed by atoms with Crippen LogP contribution in [0, 0.1) is 12.7 Å². The third-order valence-corrected chi connectivity index (χ3v) is 9.99. The van der Waals surface area contributed by atoms with E-state index >= 15 is 4.39 Å². The van der Waals surface area contributed by atoms with Gasteiger partial charge in [0, 0.05) is 23.2 Å². The van der Waals surface area contributed by atoms with Crippen molar-refractivity contribution >= 4 is 49.9 Å². The number of halogens is 1. The van der Waals surface area contributed by atoms with E-state index in [0.29, 0.717) is 35.4 Å². The second kappa shape index (κ2) is 13.2. The number of carbonyl (C=O) groups excluding carboxylic acids is 2. The molecule has 0 bridgehead atoms. The van der Waals surface area contributed by atoms with Crippen LogP contribution in [0.3, 0.4) is 0 Å². The van der Waals surface area contributed by atoms with Crippen LogP contribution in [0.1, 0.15) is 48.5 Å². The third-order valence-electron chi connectivity index (χ3n) is 8.19. The molecule has 1 fully saturated rings. The standard InChI is InChI=1S/C33H36FN5O6S/c1-5-46(42,43)28-13-12-21(36-33(41)45-4)17-24(28)26-11-8-14-39(26)32(40)30(23-18-27(44-3)19(2)15-25(23)34)37-29-16-20-9-6-7-10-22(20)31(35)38-29/h6-7,9-10,12-13,15-18,26,30H,5,8,11,14H2,1-4H3,(H,36,41)(H3,35,37,38)/t26-,30+/m1/s1. The van der Waals surface area contributed by atoms with Crippen LogP contribution >= 0.6 is 0 Å². The van der Waals surface area contributed by atoms with Gasteiger partial charge in [0.05, 0.1) is 30.9 Å². The predicted molar refractivity (Wildman–Crippen MR) is 174 cm³/mol. The van der Waals surface area contributed by atoms with Crippen LogP contribution in [0.4, 0.5) is 26.5 Å². The van der Waals surface area contributed by atoms with Crippen LogP contribution in [0.25, 0.3) is 10.8 Å². The minimum absolute atomic E-state index is 0.0224. The van der Waals surface area contributed by atoms with E-state index in [1.54, 1.807) is 24.0 Å². The van der Waals surface area contributed by atoms with Crippen LogP contribution in [0.15, 0.2) is 65.6 Å². The molecule has 0 radical (unpaired) electrons. The number of ether oxygens (including phenoxy) is 2. The number of aromatic nitrogens is 1. The molecule has 13 heteroatoms. The number of aryl methyl sites for hydroxylation is 1. The minimum Gasteiger partial charge on any atom is -0.496 e. The number of rotatable bonds is 9. The summed E-state index contributed by atoms with van der Waals surface area (Å²) in [7, 11) is -1.06. The number of hydrogen-bond donors (Lipinski definition) is 3. The lowest BCUT2D eigenvalue weighted by Gasteiger charge is -2.31. The zero-order valence-electron chi connectivity index (χ0n) is 26.0. The first kappa shape index (κ1) is 32.5. The molecule has 0 spiro atoms. The van der Waals surface area contributed by atoms with Gasteiger partial charge in [-0.3, -0.25) is 10.1 Å². The van der Waals surface area contributed by atoms with Crippen molar-refractivity contribution in [1.82, 2.24) is 9.88 Å². The van der Waals surface area contributed by atoms with Gasteiger partial charge in [-0.1, -0.05) is 31.2 Å². The van der Waals surface area contributed by atoms with Crippen molar-refractivity contribution < 1.29 is 31.9 Å². The molecule has 1 aliphatic heterocycles. The maximum Gasteiger partial charge on any atom is 0.411 e. The van der Waals surface area contributed by atoms with Crippen molar-refractivity contribution in [3.63, 3.8) is 0 Å². The smallest absolute Gasteiger partial charge is 0.411 e. The highest BCUT2D eigenvalue weighted by molar-refractivity contribution is 7.91. The molecule has 1 aliphatic rings.